The Labute approximate surface area is 198 Å². The van der Waals surface area contributed by atoms with Crippen LogP contribution in [-0.4, -0.2) is 34.9 Å². The number of carbonyl (C=O) groups is 1. The molecule has 0 bridgehead atoms. The van der Waals surface area contributed by atoms with E-state index in [2.05, 4.69) is 22.4 Å². The van der Waals surface area contributed by atoms with Crippen molar-refractivity contribution in [3.8, 4) is 22.8 Å². The van der Waals surface area contributed by atoms with Gasteiger partial charge < -0.3 is 14.8 Å². The average Bonchev–Trinajstić information content (AvgIpc) is 3.27. The summed E-state index contributed by atoms with van der Waals surface area (Å²) in [4.78, 5) is 16.9. The predicted octanol–water partition coefficient (Wildman–Crippen LogP) is 4.97. The third kappa shape index (κ3) is 5.32. The quantitative estimate of drug-likeness (QED) is 0.380. The minimum Gasteiger partial charge on any atom is -0.493 e. The molecule has 0 unspecified atom stereocenters. The van der Waals surface area contributed by atoms with Crippen LogP contribution in [0.4, 0.5) is 5.69 Å². The minimum absolute atomic E-state index is 0.261. The highest BCUT2D eigenvalue weighted by Gasteiger charge is 2.12. The monoisotopic (exact) mass is 454 g/mol. The molecule has 0 saturated heterocycles. The van der Waals surface area contributed by atoms with Crippen molar-refractivity contribution in [1.82, 2.24) is 14.8 Å². The van der Waals surface area contributed by atoms with Gasteiger partial charge in [0.15, 0.2) is 11.5 Å². The van der Waals surface area contributed by atoms with Crippen LogP contribution in [0.3, 0.4) is 0 Å². The van der Waals surface area contributed by atoms with Gasteiger partial charge in [0.05, 0.1) is 20.8 Å². The Morgan fingerprint density at radius 3 is 2.53 bits per heavy atom. The van der Waals surface area contributed by atoms with E-state index in [0.29, 0.717) is 23.7 Å². The number of methoxy groups -OCH3 is 2. The topological polar surface area (TPSA) is 78.3 Å². The van der Waals surface area contributed by atoms with Gasteiger partial charge in [0, 0.05) is 47.5 Å². The van der Waals surface area contributed by atoms with E-state index in [9.17, 15) is 4.79 Å². The number of rotatable bonds is 8. The molecule has 4 aromatic rings. The van der Waals surface area contributed by atoms with Crippen LogP contribution in [0.2, 0.25) is 0 Å². The van der Waals surface area contributed by atoms with Crippen LogP contribution in [0.5, 0.6) is 11.5 Å². The van der Waals surface area contributed by atoms with E-state index in [1.54, 1.807) is 38.8 Å². The van der Waals surface area contributed by atoms with Gasteiger partial charge in [-0.15, -0.1) is 0 Å². The van der Waals surface area contributed by atoms with E-state index < -0.39 is 0 Å². The lowest BCUT2D eigenvalue weighted by atomic mass is 10.1. The number of nitrogens with zero attached hydrogens (tertiary/aromatic N) is 3. The summed E-state index contributed by atoms with van der Waals surface area (Å²) in [5, 5.41) is 7.67. The number of amides is 1. The summed E-state index contributed by atoms with van der Waals surface area (Å²) in [5.74, 6) is 0.900. The average molecular weight is 455 g/mol. The molecular formula is C27H26N4O3. The zero-order valence-corrected chi connectivity index (χ0v) is 19.4. The lowest BCUT2D eigenvalue weighted by molar-refractivity contribution is -0.111. The zero-order chi connectivity index (χ0) is 23.9. The molecule has 2 aromatic heterocycles. The molecule has 0 spiro atoms. The number of aromatic nitrogens is 3. The highest BCUT2D eigenvalue weighted by molar-refractivity contribution is 6.03. The maximum atomic E-state index is 12.7. The molecule has 0 aliphatic rings. The van der Waals surface area contributed by atoms with Gasteiger partial charge in [0.1, 0.15) is 5.69 Å². The Hall–Kier alpha value is -4.39. The molecule has 172 valence electrons. The van der Waals surface area contributed by atoms with Gasteiger partial charge in [0.2, 0.25) is 5.91 Å². The highest BCUT2D eigenvalue weighted by Crippen LogP contribution is 2.33. The number of aryl methyl sites for hydroxylation is 1. The summed E-state index contributed by atoms with van der Waals surface area (Å²) in [6.45, 7) is 2.52. The summed E-state index contributed by atoms with van der Waals surface area (Å²) in [7, 11) is 3.14. The molecule has 1 amide bonds. The van der Waals surface area contributed by atoms with Crippen LogP contribution in [0.25, 0.3) is 17.3 Å². The summed E-state index contributed by atoms with van der Waals surface area (Å²) in [5.41, 5.74) is 5.12. The van der Waals surface area contributed by atoms with E-state index >= 15 is 0 Å². The largest absolute Gasteiger partial charge is 0.493 e. The molecule has 1 N–H and O–H groups in total. The van der Waals surface area contributed by atoms with Gasteiger partial charge in [-0.05, 0) is 42.3 Å². The standard InChI is InChI=1S/C27H26N4O3/c1-19-14-24(33-2)25(34-3)15-23(19)29-26(32)12-11-22-18-31(17-20-8-5-4-6-9-20)30-27(22)21-10-7-13-28-16-21/h4-16,18H,17H2,1-3H3,(H,29,32). The predicted molar refractivity (Wildman–Crippen MR) is 133 cm³/mol. The SMILES string of the molecule is COc1cc(C)c(NC(=O)C=Cc2cn(Cc3ccccc3)nc2-c2cccnc2)cc1OC. The Bertz CT molecular complexity index is 1300. The number of anilines is 1. The Balaban J connectivity index is 1.58. The maximum absolute atomic E-state index is 12.7. The molecule has 4 rings (SSSR count). The third-order valence-corrected chi connectivity index (χ3v) is 5.32. The lowest BCUT2D eigenvalue weighted by Crippen LogP contribution is -2.09. The van der Waals surface area contributed by atoms with Gasteiger partial charge in [0.25, 0.3) is 0 Å². The fraction of sp³-hybridized carbons (Fsp3) is 0.148. The second-order valence-corrected chi connectivity index (χ2v) is 7.70. The van der Waals surface area contributed by atoms with Gasteiger partial charge in [-0.1, -0.05) is 30.3 Å². The van der Waals surface area contributed by atoms with E-state index in [1.807, 2.05) is 54.2 Å². The summed E-state index contributed by atoms with van der Waals surface area (Å²) in [6, 6.07) is 17.5. The number of benzene rings is 2. The van der Waals surface area contributed by atoms with Crippen molar-refractivity contribution in [2.24, 2.45) is 0 Å². The van der Waals surface area contributed by atoms with E-state index in [4.69, 9.17) is 14.6 Å². The second-order valence-electron chi connectivity index (χ2n) is 7.70. The van der Waals surface area contributed by atoms with Crippen LogP contribution in [0, 0.1) is 6.92 Å². The van der Waals surface area contributed by atoms with E-state index in [0.717, 1.165) is 27.9 Å². The van der Waals surface area contributed by atoms with Crippen LogP contribution >= 0.6 is 0 Å². The fourth-order valence-electron chi connectivity index (χ4n) is 3.59. The first kappa shape index (κ1) is 22.8. The normalized spacial score (nSPS) is 10.9. The Morgan fingerprint density at radius 2 is 1.82 bits per heavy atom. The molecule has 2 aromatic carbocycles. The van der Waals surface area contributed by atoms with Crippen molar-refractivity contribution < 1.29 is 14.3 Å². The number of hydrogen-bond acceptors (Lipinski definition) is 5. The van der Waals surface area contributed by atoms with Crippen molar-refractivity contribution in [3.63, 3.8) is 0 Å². The van der Waals surface area contributed by atoms with E-state index in [1.165, 1.54) is 6.08 Å². The first-order chi connectivity index (χ1) is 16.6. The van der Waals surface area contributed by atoms with Crippen molar-refractivity contribution in [3.05, 3.63) is 96.0 Å². The van der Waals surface area contributed by atoms with Crippen molar-refractivity contribution in [2.75, 3.05) is 19.5 Å². The molecule has 34 heavy (non-hydrogen) atoms. The van der Waals surface area contributed by atoms with Crippen LogP contribution in [-0.2, 0) is 11.3 Å². The van der Waals surface area contributed by atoms with Gasteiger partial charge in [-0.25, -0.2) is 0 Å². The number of nitrogens with one attached hydrogen (secondary N) is 1. The minimum atomic E-state index is -0.261. The summed E-state index contributed by atoms with van der Waals surface area (Å²) in [6.07, 6.45) is 8.68. The molecule has 0 saturated carbocycles. The van der Waals surface area contributed by atoms with Crippen LogP contribution < -0.4 is 14.8 Å². The molecule has 0 fully saturated rings. The number of pyridine rings is 1. The van der Waals surface area contributed by atoms with Gasteiger partial charge in [-0.3, -0.25) is 14.5 Å². The highest BCUT2D eigenvalue weighted by atomic mass is 16.5. The van der Waals surface area contributed by atoms with Crippen molar-refractivity contribution >= 4 is 17.7 Å². The lowest BCUT2D eigenvalue weighted by Gasteiger charge is -2.12. The summed E-state index contributed by atoms with van der Waals surface area (Å²) >= 11 is 0. The van der Waals surface area contributed by atoms with Crippen LogP contribution in [0.15, 0.2) is 79.3 Å². The third-order valence-electron chi connectivity index (χ3n) is 5.32. The summed E-state index contributed by atoms with van der Waals surface area (Å²) < 4.78 is 12.5. The molecule has 0 radical (unpaired) electrons. The number of hydrogen-bond donors (Lipinski definition) is 1. The molecule has 2 heterocycles. The molecule has 0 atom stereocenters. The maximum Gasteiger partial charge on any atom is 0.248 e. The Morgan fingerprint density at radius 1 is 1.06 bits per heavy atom. The first-order valence-corrected chi connectivity index (χ1v) is 10.8. The van der Waals surface area contributed by atoms with Crippen molar-refractivity contribution in [2.45, 2.75) is 13.5 Å². The molecule has 0 aliphatic carbocycles. The number of carbonyl (C=O) groups excluding carboxylic acids is 1. The zero-order valence-electron chi connectivity index (χ0n) is 19.4. The second kappa shape index (κ2) is 10.5. The van der Waals surface area contributed by atoms with Crippen LogP contribution in [0.1, 0.15) is 16.7 Å². The Kier molecular flexibility index (Phi) is 7.03. The van der Waals surface area contributed by atoms with Gasteiger partial charge in [-0.2, -0.15) is 5.10 Å². The smallest absolute Gasteiger partial charge is 0.248 e. The fourth-order valence-corrected chi connectivity index (χ4v) is 3.59. The first-order valence-electron chi connectivity index (χ1n) is 10.8. The number of ether oxygens (including phenoxy) is 2. The molecule has 0 aliphatic heterocycles. The van der Waals surface area contributed by atoms with Crippen molar-refractivity contribution in [1.29, 1.82) is 0 Å². The molecule has 7 nitrogen and oxygen atoms in total. The molecular weight excluding hydrogens is 428 g/mol. The molecule has 7 heteroatoms. The van der Waals surface area contributed by atoms with Gasteiger partial charge >= 0.3 is 0 Å². The van der Waals surface area contributed by atoms with E-state index in [-0.39, 0.29) is 5.91 Å².